The van der Waals surface area contributed by atoms with Crippen LogP contribution in [0.5, 0.6) is 5.75 Å². The molecule has 2 aliphatic carbocycles. The average molecular weight is 243 g/mol. The second kappa shape index (κ2) is 4.25. The number of aryl methyl sites for hydroxylation is 1. The molecular formula is C15H17NO2. The van der Waals surface area contributed by atoms with Crippen LogP contribution in [0.1, 0.15) is 48.8 Å². The number of carbonyl (C=O) groups excluding carboxylic acids is 1. The minimum absolute atomic E-state index is 0.298. The molecule has 0 atom stereocenters. The summed E-state index contributed by atoms with van der Waals surface area (Å²) in [6.45, 7) is 0. The molecule has 3 rings (SSSR count). The van der Waals surface area contributed by atoms with E-state index in [1.54, 1.807) is 12.1 Å². The van der Waals surface area contributed by atoms with Gasteiger partial charge in [0.25, 0.3) is 0 Å². The second-order valence-corrected chi connectivity index (χ2v) is 5.39. The Morgan fingerprint density at radius 3 is 2.67 bits per heavy atom. The number of hydrogen-bond donors (Lipinski definition) is 1. The highest BCUT2D eigenvalue weighted by molar-refractivity contribution is 5.53. The molecular weight excluding hydrogens is 226 g/mol. The van der Waals surface area contributed by atoms with Gasteiger partial charge in [0, 0.05) is 5.56 Å². The molecule has 0 aliphatic heterocycles. The Bertz CT molecular complexity index is 526. The number of phenols is 1. The van der Waals surface area contributed by atoms with Gasteiger partial charge in [-0.1, -0.05) is 12.5 Å². The molecule has 0 saturated heterocycles. The number of nitrogens with zero attached hydrogens (tertiary/aromatic N) is 1. The number of isocyanates is 1. The lowest BCUT2D eigenvalue weighted by atomic mass is 9.90. The average Bonchev–Trinajstić information content (AvgIpc) is 3.14. The molecule has 1 saturated carbocycles. The van der Waals surface area contributed by atoms with Crippen LogP contribution in [0.2, 0.25) is 0 Å². The maximum atomic E-state index is 10.6. The molecule has 0 heterocycles. The molecule has 1 aromatic rings. The monoisotopic (exact) mass is 243 g/mol. The lowest BCUT2D eigenvalue weighted by molar-refractivity contribution is 0.457. The van der Waals surface area contributed by atoms with Crippen LogP contribution in [-0.2, 0) is 23.2 Å². The van der Waals surface area contributed by atoms with E-state index in [0.717, 1.165) is 37.7 Å². The van der Waals surface area contributed by atoms with E-state index in [0.29, 0.717) is 5.75 Å². The van der Waals surface area contributed by atoms with Crippen molar-refractivity contribution in [3.8, 4) is 5.75 Å². The first-order valence-corrected chi connectivity index (χ1v) is 6.70. The van der Waals surface area contributed by atoms with E-state index in [2.05, 4.69) is 4.99 Å². The van der Waals surface area contributed by atoms with Gasteiger partial charge in [-0.25, -0.2) is 4.79 Å². The van der Waals surface area contributed by atoms with Crippen molar-refractivity contribution in [3.05, 3.63) is 28.8 Å². The lowest BCUT2D eigenvalue weighted by Gasteiger charge is -2.18. The predicted octanol–water partition coefficient (Wildman–Crippen LogP) is 2.99. The Kier molecular flexibility index (Phi) is 2.71. The Balaban J connectivity index is 2.16. The fourth-order valence-electron chi connectivity index (χ4n) is 3.14. The fraction of sp³-hybridized carbons (Fsp3) is 0.533. The van der Waals surface area contributed by atoms with Gasteiger partial charge in [0.15, 0.2) is 0 Å². The molecule has 0 aromatic heterocycles. The quantitative estimate of drug-likeness (QED) is 0.493. The van der Waals surface area contributed by atoms with E-state index in [1.807, 2.05) is 6.07 Å². The number of fused-ring (bicyclic) bond motifs is 1. The Morgan fingerprint density at radius 1 is 1.17 bits per heavy atom. The molecule has 0 spiro atoms. The number of rotatable bonds is 2. The number of aromatic hydroxyl groups is 1. The van der Waals surface area contributed by atoms with Crippen LogP contribution in [0.15, 0.2) is 17.1 Å². The lowest BCUT2D eigenvalue weighted by Crippen LogP contribution is -2.09. The van der Waals surface area contributed by atoms with Crippen molar-refractivity contribution in [1.82, 2.24) is 0 Å². The van der Waals surface area contributed by atoms with Crippen LogP contribution in [0.4, 0.5) is 0 Å². The van der Waals surface area contributed by atoms with Gasteiger partial charge in [0.05, 0.1) is 0 Å². The zero-order chi connectivity index (χ0) is 12.6. The highest BCUT2D eigenvalue weighted by atomic mass is 16.3. The van der Waals surface area contributed by atoms with Crippen LogP contribution in [0.3, 0.4) is 0 Å². The predicted molar refractivity (Wildman–Crippen MR) is 68.4 cm³/mol. The standard InChI is InChI=1S/C15H17NO2/c17-10-16-15(8-9-15)14-12-5-3-1-2-4-11(12)6-7-13(14)18/h6-7,18H,1-5,8-9H2. The normalized spacial score (nSPS) is 20.4. The van der Waals surface area contributed by atoms with Crippen LogP contribution >= 0.6 is 0 Å². The molecule has 3 heteroatoms. The van der Waals surface area contributed by atoms with Crippen molar-refractivity contribution >= 4 is 6.08 Å². The number of phenolic OH excluding ortho intramolecular Hbond substituents is 1. The molecule has 3 nitrogen and oxygen atoms in total. The van der Waals surface area contributed by atoms with E-state index < -0.39 is 5.54 Å². The van der Waals surface area contributed by atoms with Crippen molar-refractivity contribution in [2.24, 2.45) is 4.99 Å². The summed E-state index contributed by atoms with van der Waals surface area (Å²) in [4.78, 5) is 14.6. The van der Waals surface area contributed by atoms with Crippen LogP contribution < -0.4 is 0 Å². The molecule has 94 valence electrons. The van der Waals surface area contributed by atoms with Crippen LogP contribution in [-0.4, -0.2) is 11.2 Å². The first kappa shape index (κ1) is 11.5. The minimum Gasteiger partial charge on any atom is -0.508 e. The molecule has 0 unspecified atom stereocenters. The molecule has 0 amide bonds. The third kappa shape index (κ3) is 1.75. The SMILES string of the molecule is O=C=NC1(c2c(O)ccc3c2CCCCC3)CC1. The Hall–Kier alpha value is -1.60. The van der Waals surface area contributed by atoms with Gasteiger partial charge in [0.2, 0.25) is 6.08 Å². The Labute approximate surface area is 107 Å². The van der Waals surface area contributed by atoms with Crippen molar-refractivity contribution in [1.29, 1.82) is 0 Å². The third-order valence-electron chi connectivity index (χ3n) is 4.21. The summed E-state index contributed by atoms with van der Waals surface area (Å²) in [6.07, 6.45) is 9.06. The van der Waals surface area contributed by atoms with Gasteiger partial charge in [0.1, 0.15) is 11.3 Å². The van der Waals surface area contributed by atoms with E-state index in [9.17, 15) is 9.90 Å². The minimum atomic E-state index is -0.457. The highest BCUT2D eigenvalue weighted by Crippen LogP contribution is 2.54. The van der Waals surface area contributed by atoms with Crippen molar-refractivity contribution in [2.45, 2.75) is 50.5 Å². The summed E-state index contributed by atoms with van der Waals surface area (Å²) in [5.74, 6) is 0.298. The molecule has 2 aliphatic rings. The number of aliphatic imine (C=N–C) groups is 1. The first-order chi connectivity index (χ1) is 8.77. The van der Waals surface area contributed by atoms with Crippen molar-refractivity contribution in [3.63, 3.8) is 0 Å². The van der Waals surface area contributed by atoms with Gasteiger partial charge < -0.3 is 5.11 Å². The van der Waals surface area contributed by atoms with E-state index in [1.165, 1.54) is 24.0 Å². The molecule has 1 N–H and O–H groups in total. The van der Waals surface area contributed by atoms with Gasteiger partial charge in [-0.2, -0.15) is 4.99 Å². The fourth-order valence-corrected chi connectivity index (χ4v) is 3.14. The van der Waals surface area contributed by atoms with E-state index >= 15 is 0 Å². The summed E-state index contributed by atoms with van der Waals surface area (Å²) < 4.78 is 0. The molecule has 0 radical (unpaired) electrons. The molecule has 0 bridgehead atoms. The van der Waals surface area contributed by atoms with Crippen molar-refractivity contribution < 1.29 is 9.90 Å². The first-order valence-electron chi connectivity index (χ1n) is 6.70. The molecule has 1 aromatic carbocycles. The summed E-state index contributed by atoms with van der Waals surface area (Å²) >= 11 is 0. The third-order valence-corrected chi connectivity index (χ3v) is 4.21. The summed E-state index contributed by atoms with van der Waals surface area (Å²) in [5.41, 5.74) is 3.02. The topological polar surface area (TPSA) is 49.7 Å². The second-order valence-electron chi connectivity index (χ2n) is 5.39. The maximum absolute atomic E-state index is 10.6. The van der Waals surface area contributed by atoms with Gasteiger partial charge >= 0.3 is 0 Å². The summed E-state index contributed by atoms with van der Waals surface area (Å²) in [7, 11) is 0. The summed E-state index contributed by atoms with van der Waals surface area (Å²) in [5, 5.41) is 10.2. The highest BCUT2D eigenvalue weighted by Gasteiger charge is 2.48. The number of hydrogen-bond acceptors (Lipinski definition) is 3. The van der Waals surface area contributed by atoms with Crippen LogP contribution in [0, 0.1) is 0 Å². The van der Waals surface area contributed by atoms with E-state index in [-0.39, 0.29) is 0 Å². The van der Waals surface area contributed by atoms with Gasteiger partial charge in [-0.3, -0.25) is 0 Å². The number of benzene rings is 1. The smallest absolute Gasteiger partial charge is 0.235 e. The largest absolute Gasteiger partial charge is 0.508 e. The maximum Gasteiger partial charge on any atom is 0.235 e. The molecule has 1 fully saturated rings. The Morgan fingerprint density at radius 2 is 1.94 bits per heavy atom. The van der Waals surface area contributed by atoms with Crippen LogP contribution in [0.25, 0.3) is 0 Å². The van der Waals surface area contributed by atoms with Gasteiger partial charge in [-0.05, 0) is 55.7 Å². The van der Waals surface area contributed by atoms with Gasteiger partial charge in [-0.15, -0.1) is 0 Å². The van der Waals surface area contributed by atoms with E-state index in [4.69, 9.17) is 0 Å². The molecule has 18 heavy (non-hydrogen) atoms. The van der Waals surface area contributed by atoms with Crippen molar-refractivity contribution in [2.75, 3.05) is 0 Å². The zero-order valence-corrected chi connectivity index (χ0v) is 10.4. The summed E-state index contributed by atoms with van der Waals surface area (Å²) in [6, 6.07) is 3.79. The zero-order valence-electron chi connectivity index (χ0n) is 10.4.